The summed E-state index contributed by atoms with van der Waals surface area (Å²) >= 11 is 0. The Morgan fingerprint density at radius 3 is 2.72 bits per heavy atom. The minimum absolute atomic E-state index is 0.250. The SMILES string of the molecule is CCn1c2ccccc2c2cc(NC(=O)c3c[nH]n4c(=O)cc(C)nc34)ccc21. The lowest BCUT2D eigenvalue weighted by Gasteiger charge is -2.06. The minimum Gasteiger partial charge on any atom is -0.341 e. The smallest absolute Gasteiger partial charge is 0.272 e. The van der Waals surface area contributed by atoms with Crippen molar-refractivity contribution in [2.75, 3.05) is 5.32 Å². The third-order valence-electron chi connectivity index (χ3n) is 5.22. The Kier molecular flexibility index (Phi) is 3.77. The average Bonchev–Trinajstić information content (AvgIpc) is 3.27. The fourth-order valence-electron chi connectivity index (χ4n) is 3.93. The molecule has 2 N–H and O–H groups in total. The van der Waals surface area contributed by atoms with Crippen LogP contribution in [0.3, 0.4) is 0 Å². The van der Waals surface area contributed by atoms with E-state index in [0.29, 0.717) is 22.6 Å². The Hall–Kier alpha value is -3.87. The number of fused-ring (bicyclic) bond motifs is 4. The summed E-state index contributed by atoms with van der Waals surface area (Å²) in [4.78, 5) is 29.3. The van der Waals surface area contributed by atoms with Gasteiger partial charge in [0.2, 0.25) is 0 Å². The largest absolute Gasteiger partial charge is 0.341 e. The second-order valence-corrected chi connectivity index (χ2v) is 7.03. The summed E-state index contributed by atoms with van der Waals surface area (Å²) in [6.45, 7) is 4.72. The van der Waals surface area contributed by atoms with Gasteiger partial charge in [0, 0.05) is 52.0 Å². The van der Waals surface area contributed by atoms with Crippen LogP contribution in [0.25, 0.3) is 27.5 Å². The lowest BCUT2D eigenvalue weighted by Crippen LogP contribution is -2.16. The Labute approximate surface area is 165 Å². The number of amides is 1. The molecule has 144 valence electrons. The molecule has 0 aliphatic rings. The zero-order chi connectivity index (χ0) is 20.1. The molecule has 3 aromatic heterocycles. The predicted octanol–water partition coefficient (Wildman–Crippen LogP) is 3.71. The van der Waals surface area contributed by atoms with Crippen LogP contribution in [0.4, 0.5) is 5.69 Å². The monoisotopic (exact) mass is 385 g/mol. The van der Waals surface area contributed by atoms with Crippen LogP contribution in [-0.4, -0.2) is 25.1 Å². The van der Waals surface area contributed by atoms with E-state index < -0.39 is 0 Å². The molecular formula is C22H19N5O2. The second-order valence-electron chi connectivity index (χ2n) is 7.03. The molecule has 2 aromatic carbocycles. The van der Waals surface area contributed by atoms with E-state index in [1.54, 1.807) is 6.92 Å². The molecule has 5 aromatic rings. The van der Waals surface area contributed by atoms with Gasteiger partial charge in [-0.3, -0.25) is 14.7 Å². The van der Waals surface area contributed by atoms with Crippen molar-refractivity contribution in [2.45, 2.75) is 20.4 Å². The van der Waals surface area contributed by atoms with Gasteiger partial charge < -0.3 is 9.88 Å². The lowest BCUT2D eigenvalue weighted by atomic mass is 10.1. The number of benzene rings is 2. The van der Waals surface area contributed by atoms with Gasteiger partial charge in [0.1, 0.15) is 5.56 Å². The molecule has 0 aliphatic carbocycles. The number of carbonyl (C=O) groups excluding carboxylic acids is 1. The van der Waals surface area contributed by atoms with Gasteiger partial charge in [-0.05, 0) is 38.1 Å². The van der Waals surface area contributed by atoms with Crippen molar-refractivity contribution in [2.24, 2.45) is 0 Å². The molecule has 7 heteroatoms. The van der Waals surface area contributed by atoms with Gasteiger partial charge in [0.25, 0.3) is 11.5 Å². The van der Waals surface area contributed by atoms with E-state index in [-0.39, 0.29) is 11.5 Å². The quantitative estimate of drug-likeness (QED) is 0.497. The summed E-state index contributed by atoms with van der Waals surface area (Å²) in [7, 11) is 0. The van der Waals surface area contributed by atoms with Crippen molar-refractivity contribution in [1.82, 2.24) is 19.2 Å². The van der Waals surface area contributed by atoms with Crippen LogP contribution >= 0.6 is 0 Å². The van der Waals surface area contributed by atoms with Crippen molar-refractivity contribution in [3.05, 3.63) is 76.3 Å². The summed E-state index contributed by atoms with van der Waals surface area (Å²) in [5.74, 6) is -0.320. The van der Waals surface area contributed by atoms with E-state index >= 15 is 0 Å². The number of aromatic amines is 1. The number of aryl methyl sites for hydroxylation is 2. The number of nitrogens with zero attached hydrogens (tertiary/aromatic N) is 3. The normalized spacial score (nSPS) is 11.5. The van der Waals surface area contributed by atoms with Crippen molar-refractivity contribution in [3.8, 4) is 0 Å². The Morgan fingerprint density at radius 2 is 1.90 bits per heavy atom. The molecule has 0 bridgehead atoms. The van der Waals surface area contributed by atoms with Crippen LogP contribution in [0.1, 0.15) is 23.0 Å². The third-order valence-corrected chi connectivity index (χ3v) is 5.22. The average molecular weight is 385 g/mol. The van der Waals surface area contributed by atoms with Crippen LogP contribution in [0.15, 0.2) is 59.5 Å². The highest BCUT2D eigenvalue weighted by atomic mass is 16.2. The molecule has 0 fully saturated rings. The molecule has 0 saturated carbocycles. The molecule has 3 heterocycles. The van der Waals surface area contributed by atoms with Crippen LogP contribution in [-0.2, 0) is 6.54 Å². The number of carbonyl (C=O) groups is 1. The highest BCUT2D eigenvalue weighted by molar-refractivity contribution is 6.12. The number of rotatable bonds is 3. The summed E-state index contributed by atoms with van der Waals surface area (Å²) in [5.41, 5.74) is 3.94. The topological polar surface area (TPSA) is 84.2 Å². The van der Waals surface area contributed by atoms with Gasteiger partial charge in [-0.15, -0.1) is 0 Å². The molecule has 0 saturated heterocycles. The number of H-pyrrole nitrogens is 1. The predicted molar refractivity (Wildman–Crippen MR) is 114 cm³/mol. The third kappa shape index (κ3) is 2.62. The van der Waals surface area contributed by atoms with E-state index in [1.807, 2.05) is 30.3 Å². The Morgan fingerprint density at radius 1 is 1.10 bits per heavy atom. The molecular weight excluding hydrogens is 366 g/mol. The number of anilines is 1. The standard InChI is InChI=1S/C22H19N5O2/c1-3-26-18-7-5-4-6-15(18)16-11-14(8-9-19(16)26)25-22(29)17-12-23-27-20(28)10-13(2)24-21(17)27/h4-12,23H,3H2,1-2H3,(H,25,29). The first-order chi connectivity index (χ1) is 14.1. The number of hydrogen-bond acceptors (Lipinski definition) is 3. The summed E-state index contributed by atoms with van der Waals surface area (Å²) in [6, 6.07) is 15.6. The maximum atomic E-state index is 12.9. The highest BCUT2D eigenvalue weighted by Gasteiger charge is 2.16. The number of aromatic nitrogens is 4. The zero-order valence-electron chi connectivity index (χ0n) is 16.1. The molecule has 0 radical (unpaired) electrons. The van der Waals surface area contributed by atoms with Gasteiger partial charge in [-0.25, -0.2) is 9.50 Å². The molecule has 7 nitrogen and oxygen atoms in total. The zero-order valence-corrected chi connectivity index (χ0v) is 16.1. The van der Waals surface area contributed by atoms with Crippen molar-refractivity contribution in [3.63, 3.8) is 0 Å². The Bertz CT molecular complexity index is 1470. The summed E-state index contributed by atoms with van der Waals surface area (Å²) in [6.07, 6.45) is 1.50. The van der Waals surface area contributed by atoms with Crippen LogP contribution < -0.4 is 10.9 Å². The molecule has 1 amide bonds. The summed E-state index contributed by atoms with van der Waals surface area (Å²) < 4.78 is 3.52. The Balaban J connectivity index is 1.58. The van der Waals surface area contributed by atoms with Gasteiger partial charge in [-0.2, -0.15) is 0 Å². The van der Waals surface area contributed by atoms with Crippen LogP contribution in [0.5, 0.6) is 0 Å². The fraction of sp³-hybridized carbons (Fsp3) is 0.136. The second kappa shape index (κ2) is 6.34. The molecule has 0 unspecified atom stereocenters. The van der Waals surface area contributed by atoms with E-state index in [4.69, 9.17) is 0 Å². The lowest BCUT2D eigenvalue weighted by molar-refractivity contribution is 0.102. The van der Waals surface area contributed by atoms with Crippen molar-refractivity contribution >= 4 is 39.0 Å². The molecule has 0 aliphatic heterocycles. The van der Waals surface area contributed by atoms with Crippen LogP contribution in [0, 0.1) is 6.92 Å². The summed E-state index contributed by atoms with van der Waals surface area (Å²) in [5, 5.41) is 7.97. The van der Waals surface area contributed by atoms with Gasteiger partial charge >= 0.3 is 0 Å². The van der Waals surface area contributed by atoms with Gasteiger partial charge in [0.05, 0.1) is 0 Å². The van der Waals surface area contributed by atoms with Crippen molar-refractivity contribution < 1.29 is 4.79 Å². The highest BCUT2D eigenvalue weighted by Crippen LogP contribution is 2.31. The molecule has 0 atom stereocenters. The number of nitrogens with one attached hydrogen (secondary N) is 2. The first kappa shape index (κ1) is 17.2. The van der Waals surface area contributed by atoms with E-state index in [1.165, 1.54) is 22.3 Å². The first-order valence-corrected chi connectivity index (χ1v) is 9.47. The van der Waals surface area contributed by atoms with Gasteiger partial charge in [-0.1, -0.05) is 18.2 Å². The molecule has 5 rings (SSSR count). The number of para-hydroxylation sites is 1. The van der Waals surface area contributed by atoms with E-state index in [0.717, 1.165) is 22.8 Å². The molecule has 29 heavy (non-hydrogen) atoms. The number of hydrogen-bond donors (Lipinski definition) is 2. The van der Waals surface area contributed by atoms with E-state index in [2.05, 4.69) is 39.0 Å². The van der Waals surface area contributed by atoms with Crippen LogP contribution in [0.2, 0.25) is 0 Å². The van der Waals surface area contributed by atoms with Crippen molar-refractivity contribution in [1.29, 1.82) is 0 Å². The maximum Gasteiger partial charge on any atom is 0.272 e. The maximum absolute atomic E-state index is 12.9. The van der Waals surface area contributed by atoms with Gasteiger partial charge in [0.15, 0.2) is 5.65 Å². The minimum atomic E-state index is -0.320. The fourth-order valence-corrected chi connectivity index (χ4v) is 3.93. The molecule has 0 spiro atoms. The first-order valence-electron chi connectivity index (χ1n) is 9.47. The van der Waals surface area contributed by atoms with E-state index in [9.17, 15) is 9.59 Å².